The minimum Gasteiger partial charge on any atom is -0.345 e. The van der Waals surface area contributed by atoms with Crippen LogP contribution in [0.3, 0.4) is 0 Å². The maximum absolute atomic E-state index is 12.6. The van der Waals surface area contributed by atoms with Crippen LogP contribution in [0.4, 0.5) is 5.69 Å². The van der Waals surface area contributed by atoms with Gasteiger partial charge >= 0.3 is 0 Å². The molecule has 1 aliphatic rings. The molecule has 0 saturated heterocycles. The topological polar surface area (TPSA) is 61.2 Å². The number of sulfone groups is 1. The van der Waals surface area contributed by atoms with E-state index in [1.165, 1.54) is 30.5 Å². The largest absolute Gasteiger partial charge is 0.345 e. The number of nitriles is 1. The molecular formula is C17H13ClN2O2S. The first kappa shape index (κ1) is 15.6. The van der Waals surface area contributed by atoms with Gasteiger partial charge in [-0.05, 0) is 42.3 Å². The van der Waals surface area contributed by atoms with Crippen molar-refractivity contribution in [3.8, 4) is 6.07 Å². The highest BCUT2D eigenvalue weighted by Crippen LogP contribution is 2.29. The lowest BCUT2D eigenvalue weighted by molar-refractivity contribution is 0.603. The van der Waals surface area contributed by atoms with Gasteiger partial charge in [0.2, 0.25) is 9.84 Å². The van der Waals surface area contributed by atoms with Gasteiger partial charge in [-0.1, -0.05) is 29.8 Å². The number of anilines is 1. The Hall–Kier alpha value is -2.29. The Labute approximate surface area is 140 Å². The Kier molecular flexibility index (Phi) is 4.12. The van der Waals surface area contributed by atoms with Crippen LogP contribution >= 0.6 is 11.6 Å². The first-order valence-electron chi connectivity index (χ1n) is 6.99. The van der Waals surface area contributed by atoms with Crippen molar-refractivity contribution in [1.82, 2.24) is 0 Å². The number of fused-ring (bicyclic) bond motifs is 1. The second-order valence-electron chi connectivity index (χ2n) is 5.13. The molecule has 3 rings (SSSR count). The molecule has 0 saturated carbocycles. The number of hydrogen-bond donors (Lipinski definition) is 0. The zero-order chi connectivity index (χ0) is 16.4. The van der Waals surface area contributed by atoms with E-state index in [1.54, 1.807) is 4.90 Å². The maximum atomic E-state index is 12.6. The van der Waals surface area contributed by atoms with Crippen molar-refractivity contribution in [2.45, 2.75) is 11.3 Å². The standard InChI is InChI=1S/C17H13ClN2O2S/c18-14-5-7-15(8-6-14)23(21,22)16(11-19)12-20-10-9-13-3-1-2-4-17(13)20/h1-8,12H,9-10H2/b16-12+. The molecule has 0 amide bonds. The van der Waals surface area contributed by atoms with Crippen LogP contribution in [0.1, 0.15) is 5.56 Å². The van der Waals surface area contributed by atoms with E-state index in [2.05, 4.69) is 0 Å². The van der Waals surface area contributed by atoms with Crippen LogP contribution in [0.15, 0.2) is 64.5 Å². The van der Waals surface area contributed by atoms with Gasteiger partial charge in [0, 0.05) is 23.5 Å². The second-order valence-corrected chi connectivity index (χ2v) is 7.49. The molecule has 0 aliphatic carbocycles. The molecule has 0 bridgehead atoms. The van der Waals surface area contributed by atoms with Crippen LogP contribution in [-0.4, -0.2) is 15.0 Å². The van der Waals surface area contributed by atoms with Gasteiger partial charge in [0.15, 0.2) is 4.91 Å². The van der Waals surface area contributed by atoms with E-state index in [9.17, 15) is 13.7 Å². The molecular weight excluding hydrogens is 332 g/mol. The summed E-state index contributed by atoms with van der Waals surface area (Å²) < 4.78 is 25.2. The van der Waals surface area contributed by atoms with Crippen LogP contribution in [0.2, 0.25) is 5.02 Å². The predicted octanol–water partition coefficient (Wildman–Crippen LogP) is 3.54. The summed E-state index contributed by atoms with van der Waals surface area (Å²) in [5.74, 6) is 0. The van der Waals surface area contributed by atoms with Crippen molar-refractivity contribution in [1.29, 1.82) is 5.26 Å². The molecule has 0 radical (unpaired) electrons. The summed E-state index contributed by atoms with van der Waals surface area (Å²) in [7, 11) is -3.86. The molecule has 0 spiro atoms. The van der Waals surface area contributed by atoms with E-state index in [0.717, 1.165) is 17.7 Å². The third-order valence-electron chi connectivity index (χ3n) is 3.72. The number of allylic oxidation sites excluding steroid dienone is 1. The second kappa shape index (κ2) is 6.07. The van der Waals surface area contributed by atoms with Crippen molar-refractivity contribution in [2.75, 3.05) is 11.4 Å². The van der Waals surface area contributed by atoms with Gasteiger partial charge in [-0.15, -0.1) is 0 Å². The first-order valence-corrected chi connectivity index (χ1v) is 8.85. The monoisotopic (exact) mass is 344 g/mol. The highest BCUT2D eigenvalue weighted by atomic mass is 35.5. The number of halogens is 1. The summed E-state index contributed by atoms with van der Waals surface area (Å²) in [6.07, 6.45) is 2.24. The highest BCUT2D eigenvalue weighted by molar-refractivity contribution is 7.95. The van der Waals surface area contributed by atoms with Gasteiger partial charge in [-0.3, -0.25) is 0 Å². The van der Waals surface area contributed by atoms with Crippen LogP contribution in [-0.2, 0) is 16.3 Å². The Morgan fingerprint density at radius 2 is 1.87 bits per heavy atom. The molecule has 0 unspecified atom stereocenters. The fraction of sp³-hybridized carbons (Fsp3) is 0.118. The molecule has 4 nitrogen and oxygen atoms in total. The molecule has 0 fully saturated rings. The maximum Gasteiger partial charge on any atom is 0.218 e. The molecule has 0 N–H and O–H groups in total. The Morgan fingerprint density at radius 3 is 2.57 bits per heavy atom. The Balaban J connectivity index is 2.00. The van der Waals surface area contributed by atoms with Crippen molar-refractivity contribution in [2.24, 2.45) is 0 Å². The summed E-state index contributed by atoms with van der Waals surface area (Å²) in [5, 5.41) is 9.78. The average molecular weight is 345 g/mol. The van der Waals surface area contributed by atoms with E-state index in [1.807, 2.05) is 30.3 Å². The minimum absolute atomic E-state index is 0.0576. The zero-order valence-electron chi connectivity index (χ0n) is 12.1. The summed E-state index contributed by atoms with van der Waals surface area (Å²) in [6, 6.07) is 15.4. The summed E-state index contributed by atoms with van der Waals surface area (Å²) in [4.78, 5) is 1.58. The van der Waals surface area contributed by atoms with Gasteiger partial charge in [0.1, 0.15) is 6.07 Å². The van der Waals surface area contributed by atoms with E-state index in [-0.39, 0.29) is 9.80 Å². The normalized spacial score (nSPS) is 14.4. The molecule has 6 heteroatoms. The lowest BCUT2D eigenvalue weighted by atomic mass is 10.2. The number of para-hydroxylation sites is 1. The van der Waals surface area contributed by atoms with Crippen LogP contribution in [0.5, 0.6) is 0 Å². The molecule has 23 heavy (non-hydrogen) atoms. The number of nitrogens with zero attached hydrogens (tertiary/aromatic N) is 2. The summed E-state index contributed by atoms with van der Waals surface area (Å²) in [6.45, 7) is 0.653. The Morgan fingerprint density at radius 1 is 1.17 bits per heavy atom. The van der Waals surface area contributed by atoms with Crippen molar-refractivity contribution < 1.29 is 8.42 Å². The third-order valence-corrected chi connectivity index (χ3v) is 5.64. The van der Waals surface area contributed by atoms with Crippen molar-refractivity contribution in [3.63, 3.8) is 0 Å². The number of hydrogen-bond acceptors (Lipinski definition) is 4. The van der Waals surface area contributed by atoms with E-state index in [0.29, 0.717) is 11.6 Å². The number of benzene rings is 2. The molecule has 1 aliphatic heterocycles. The lowest BCUT2D eigenvalue weighted by Gasteiger charge is -2.14. The average Bonchev–Trinajstić information content (AvgIpc) is 2.96. The molecule has 1 heterocycles. The SMILES string of the molecule is N#C/C(=C\N1CCc2ccccc21)S(=O)(=O)c1ccc(Cl)cc1. The fourth-order valence-electron chi connectivity index (χ4n) is 2.54. The predicted molar refractivity (Wildman–Crippen MR) is 89.8 cm³/mol. The van der Waals surface area contributed by atoms with Crippen molar-refractivity contribution >= 4 is 27.1 Å². The molecule has 0 aromatic heterocycles. The lowest BCUT2D eigenvalue weighted by Crippen LogP contribution is -2.15. The van der Waals surface area contributed by atoms with Crippen LogP contribution in [0.25, 0.3) is 0 Å². The molecule has 2 aromatic carbocycles. The Bertz CT molecular complexity index is 912. The zero-order valence-corrected chi connectivity index (χ0v) is 13.7. The highest BCUT2D eigenvalue weighted by Gasteiger charge is 2.24. The smallest absolute Gasteiger partial charge is 0.218 e. The first-order chi connectivity index (χ1) is 11.0. The van der Waals surface area contributed by atoms with Gasteiger partial charge in [-0.2, -0.15) is 5.26 Å². The van der Waals surface area contributed by atoms with Crippen LogP contribution in [0, 0.1) is 11.3 Å². The van der Waals surface area contributed by atoms with E-state index in [4.69, 9.17) is 11.6 Å². The molecule has 116 valence electrons. The summed E-state index contributed by atoms with van der Waals surface area (Å²) in [5.41, 5.74) is 2.08. The van der Waals surface area contributed by atoms with E-state index < -0.39 is 9.84 Å². The summed E-state index contributed by atoms with van der Waals surface area (Å²) >= 11 is 5.79. The minimum atomic E-state index is -3.86. The third kappa shape index (κ3) is 2.96. The van der Waals surface area contributed by atoms with Gasteiger partial charge in [0.25, 0.3) is 0 Å². The fourth-order valence-corrected chi connectivity index (χ4v) is 3.80. The van der Waals surface area contributed by atoms with Gasteiger partial charge in [0.05, 0.1) is 4.90 Å². The van der Waals surface area contributed by atoms with Crippen molar-refractivity contribution in [3.05, 3.63) is 70.2 Å². The molecule has 2 aromatic rings. The van der Waals surface area contributed by atoms with Gasteiger partial charge in [-0.25, -0.2) is 8.42 Å². The van der Waals surface area contributed by atoms with Gasteiger partial charge < -0.3 is 4.90 Å². The number of rotatable bonds is 3. The molecule has 0 atom stereocenters. The quantitative estimate of drug-likeness (QED) is 0.799. The van der Waals surface area contributed by atoms with Crippen LogP contribution < -0.4 is 4.90 Å². The van der Waals surface area contributed by atoms with E-state index >= 15 is 0 Å².